The summed E-state index contributed by atoms with van der Waals surface area (Å²) in [7, 11) is 1.77. The van der Waals surface area contributed by atoms with Crippen molar-refractivity contribution in [2.24, 2.45) is 7.05 Å². The van der Waals surface area contributed by atoms with Crippen LogP contribution in [0.4, 0.5) is 15.9 Å². The van der Waals surface area contributed by atoms with E-state index in [4.69, 9.17) is 26.3 Å². The number of alkyl halides is 1. The molecule has 4 aliphatic rings. The van der Waals surface area contributed by atoms with Crippen LogP contribution in [-0.2, 0) is 24.8 Å². The van der Waals surface area contributed by atoms with E-state index in [2.05, 4.69) is 49.1 Å². The van der Waals surface area contributed by atoms with Crippen LogP contribution in [0.2, 0.25) is 5.02 Å². The topological polar surface area (TPSA) is 120 Å². The number of amides is 1. The zero-order valence-corrected chi connectivity index (χ0v) is 29.3. The monoisotopic (exact) mass is 710 g/mol. The molecule has 0 spiro atoms. The van der Waals surface area contributed by atoms with Gasteiger partial charge in [-0.3, -0.25) is 14.4 Å². The molecule has 0 saturated carbocycles. The fourth-order valence-corrected chi connectivity index (χ4v) is 8.68. The minimum absolute atomic E-state index is 0.174. The Bertz CT molecular complexity index is 2030. The number of benzene rings is 2. The summed E-state index contributed by atoms with van der Waals surface area (Å²) >= 11 is 6.74. The molecule has 0 radical (unpaired) electrons. The number of halogens is 2. The maximum atomic E-state index is 14.6. The van der Waals surface area contributed by atoms with E-state index in [1.54, 1.807) is 29.0 Å². The third-order valence-electron chi connectivity index (χ3n) is 10.8. The number of carbonyl (C=O) groups excluding carboxylic acids is 1. The number of nitriles is 1. The molecule has 3 fully saturated rings. The quantitative estimate of drug-likeness (QED) is 0.241. The Labute approximate surface area is 301 Å². The molecule has 12 nitrogen and oxygen atoms in total. The first-order valence-corrected chi connectivity index (χ1v) is 18.0. The Morgan fingerprint density at radius 2 is 2.00 bits per heavy atom. The van der Waals surface area contributed by atoms with Crippen LogP contribution in [0.1, 0.15) is 42.8 Å². The van der Waals surface area contributed by atoms with Gasteiger partial charge in [0.25, 0.3) is 0 Å². The highest BCUT2D eigenvalue weighted by atomic mass is 35.5. The van der Waals surface area contributed by atoms with Crippen molar-refractivity contribution in [2.75, 3.05) is 55.7 Å². The lowest BCUT2D eigenvalue weighted by Gasteiger charge is -2.42. The Kier molecular flexibility index (Phi) is 8.98. The summed E-state index contributed by atoms with van der Waals surface area (Å²) < 4.78 is 22.6. The second kappa shape index (κ2) is 13.7. The van der Waals surface area contributed by atoms with Gasteiger partial charge in [-0.15, -0.1) is 0 Å². The van der Waals surface area contributed by atoms with Gasteiger partial charge in [0.15, 0.2) is 5.82 Å². The number of nitrogens with zero attached hydrogens (tertiary/aromatic N) is 10. The highest BCUT2D eigenvalue weighted by Gasteiger charge is 2.49. The van der Waals surface area contributed by atoms with E-state index in [1.807, 2.05) is 18.2 Å². The predicted octanol–water partition coefficient (Wildman–Crippen LogP) is 4.57. The minimum atomic E-state index is -0.860. The van der Waals surface area contributed by atoms with E-state index in [0.717, 1.165) is 59.5 Å². The van der Waals surface area contributed by atoms with Crippen LogP contribution in [0.5, 0.6) is 6.01 Å². The molecule has 3 atom stereocenters. The molecule has 4 aliphatic heterocycles. The maximum absolute atomic E-state index is 14.6. The standard InChI is InChI=1S/C37H40ClFN10O2/c1-45-24-41-32(44-45)9-10-33(50)49-18-17-47(21-27(49)11-14-40)35-28-12-16-46(31-8-3-6-25-5-2-7-29(38)34(25)31)22-30(28)42-36(43-35)51-23-37-13-4-15-48(37)20-26(39)19-37/h2-3,5-10,24,26-27H,4,11-13,15-23H2,1H3/b10-9+/t26-,27+,37+/m1/s1. The van der Waals surface area contributed by atoms with Crippen molar-refractivity contribution in [3.05, 3.63) is 70.9 Å². The molecule has 6 heterocycles. The zero-order valence-electron chi connectivity index (χ0n) is 28.6. The first-order chi connectivity index (χ1) is 24.8. The van der Waals surface area contributed by atoms with Crippen molar-refractivity contribution in [3.63, 3.8) is 0 Å². The van der Waals surface area contributed by atoms with E-state index in [-0.39, 0.29) is 29.9 Å². The number of hydrogen-bond acceptors (Lipinski definition) is 10. The largest absolute Gasteiger partial charge is 0.461 e. The number of ether oxygens (including phenoxy) is 1. The molecule has 4 aromatic rings. The Morgan fingerprint density at radius 3 is 2.82 bits per heavy atom. The summed E-state index contributed by atoms with van der Waals surface area (Å²) in [5, 5.41) is 16.8. The highest BCUT2D eigenvalue weighted by molar-refractivity contribution is 6.36. The number of hydrogen-bond donors (Lipinski definition) is 0. The van der Waals surface area contributed by atoms with Gasteiger partial charge >= 0.3 is 6.01 Å². The second-order valence-electron chi connectivity index (χ2n) is 14.0. The van der Waals surface area contributed by atoms with Crippen LogP contribution in [0.15, 0.2) is 48.8 Å². The summed E-state index contributed by atoms with van der Waals surface area (Å²) in [4.78, 5) is 36.0. The third-order valence-corrected chi connectivity index (χ3v) is 11.1. The molecular weight excluding hydrogens is 671 g/mol. The van der Waals surface area contributed by atoms with E-state index < -0.39 is 6.17 Å². The van der Waals surface area contributed by atoms with Gasteiger partial charge in [-0.2, -0.15) is 20.3 Å². The van der Waals surface area contributed by atoms with Crippen LogP contribution in [0.25, 0.3) is 16.8 Å². The van der Waals surface area contributed by atoms with Crippen LogP contribution < -0.4 is 14.5 Å². The van der Waals surface area contributed by atoms with Gasteiger partial charge in [0.1, 0.15) is 24.9 Å². The average Bonchev–Trinajstić information content (AvgIpc) is 3.82. The molecule has 0 aliphatic carbocycles. The average molecular weight is 711 g/mol. The van der Waals surface area contributed by atoms with E-state index in [1.165, 1.54) is 6.08 Å². The molecule has 0 unspecified atom stereocenters. The molecule has 3 saturated heterocycles. The van der Waals surface area contributed by atoms with Crippen molar-refractivity contribution in [1.82, 2.24) is 34.5 Å². The van der Waals surface area contributed by atoms with Crippen molar-refractivity contribution >= 4 is 45.9 Å². The van der Waals surface area contributed by atoms with Crippen LogP contribution in [-0.4, -0.2) is 104 Å². The predicted molar refractivity (Wildman–Crippen MR) is 192 cm³/mol. The number of fused-ring (bicyclic) bond motifs is 3. The van der Waals surface area contributed by atoms with Crippen molar-refractivity contribution in [2.45, 2.75) is 56.4 Å². The summed E-state index contributed by atoms with van der Waals surface area (Å²) in [5.74, 6) is 1.02. The van der Waals surface area contributed by atoms with Crippen molar-refractivity contribution in [3.8, 4) is 12.1 Å². The summed E-state index contributed by atoms with van der Waals surface area (Å²) in [6.07, 6.45) is 7.01. The van der Waals surface area contributed by atoms with Crippen LogP contribution >= 0.6 is 11.6 Å². The fourth-order valence-electron chi connectivity index (χ4n) is 8.40. The van der Waals surface area contributed by atoms with Gasteiger partial charge in [0.05, 0.1) is 41.3 Å². The molecule has 0 N–H and O–H groups in total. The first-order valence-electron chi connectivity index (χ1n) is 17.6. The molecule has 2 aromatic carbocycles. The van der Waals surface area contributed by atoms with Gasteiger partial charge < -0.3 is 19.4 Å². The van der Waals surface area contributed by atoms with Gasteiger partial charge in [-0.1, -0.05) is 35.9 Å². The van der Waals surface area contributed by atoms with E-state index in [9.17, 15) is 14.4 Å². The summed E-state index contributed by atoms with van der Waals surface area (Å²) in [5.41, 5.74) is 2.60. The lowest BCUT2D eigenvalue weighted by Crippen LogP contribution is -2.55. The van der Waals surface area contributed by atoms with Crippen molar-refractivity contribution in [1.29, 1.82) is 5.26 Å². The van der Waals surface area contributed by atoms with Gasteiger partial charge in [-0.25, -0.2) is 9.37 Å². The van der Waals surface area contributed by atoms with Gasteiger partial charge in [0, 0.05) is 68.9 Å². The smallest absolute Gasteiger partial charge is 0.318 e. The highest BCUT2D eigenvalue weighted by Crippen LogP contribution is 2.41. The fraction of sp³-hybridized carbons (Fsp3) is 0.459. The molecule has 8 rings (SSSR count). The Hall–Kier alpha value is -4.80. The third kappa shape index (κ3) is 6.47. The minimum Gasteiger partial charge on any atom is -0.461 e. The maximum Gasteiger partial charge on any atom is 0.318 e. The first kappa shape index (κ1) is 33.3. The molecule has 14 heteroatoms. The lowest BCUT2D eigenvalue weighted by molar-refractivity contribution is -0.128. The molecule has 0 bridgehead atoms. The number of aromatic nitrogens is 5. The van der Waals surface area contributed by atoms with Crippen LogP contribution in [0, 0.1) is 11.3 Å². The molecule has 264 valence electrons. The van der Waals surface area contributed by atoms with Gasteiger partial charge in [0.2, 0.25) is 5.91 Å². The number of aryl methyl sites for hydroxylation is 1. The zero-order chi connectivity index (χ0) is 35.1. The number of carbonyl (C=O) groups is 1. The lowest BCUT2D eigenvalue weighted by atomic mass is 9.95. The van der Waals surface area contributed by atoms with E-state index >= 15 is 0 Å². The normalized spacial score (nSPS) is 23.5. The Morgan fingerprint density at radius 1 is 1.14 bits per heavy atom. The Balaban J connectivity index is 1.10. The second-order valence-corrected chi connectivity index (χ2v) is 14.4. The molecule has 2 aromatic heterocycles. The number of anilines is 2. The molecule has 1 amide bonds. The molecular formula is C37H40ClFN10O2. The van der Waals surface area contributed by atoms with Crippen LogP contribution in [0.3, 0.4) is 0 Å². The summed E-state index contributed by atoms with van der Waals surface area (Å²) in [6.45, 7) is 4.27. The van der Waals surface area contributed by atoms with Gasteiger partial charge in [-0.05, 0) is 49.4 Å². The molecule has 51 heavy (non-hydrogen) atoms. The van der Waals surface area contributed by atoms with E-state index in [0.29, 0.717) is 63.0 Å². The summed E-state index contributed by atoms with van der Waals surface area (Å²) in [6, 6.07) is 14.4. The number of piperazine rings is 1. The van der Waals surface area contributed by atoms with Crippen molar-refractivity contribution < 1.29 is 13.9 Å². The number of rotatable bonds is 8. The SMILES string of the molecule is Cn1cnc(/C=C/C(=O)N2CCN(c3nc(OC[C@@]45CCCN4C[C@H](F)C5)nc4c3CCN(c3cccc5cccc(Cl)c35)C4)C[C@@H]2CC#N)n1.